The van der Waals surface area contributed by atoms with Gasteiger partial charge >= 0.3 is 0 Å². The molecule has 74 valence electrons. The molecule has 1 fully saturated rings. The number of hydrogen-bond acceptors (Lipinski definition) is 2. The van der Waals surface area contributed by atoms with Gasteiger partial charge in [-0.1, -0.05) is 18.2 Å². The first-order chi connectivity index (χ1) is 6.92. The van der Waals surface area contributed by atoms with Crippen LogP contribution in [0.2, 0.25) is 0 Å². The molecule has 1 heterocycles. The second-order valence-electron chi connectivity index (χ2n) is 3.39. The highest BCUT2D eigenvalue weighted by Crippen LogP contribution is 2.20. The quantitative estimate of drug-likeness (QED) is 0.699. The van der Waals surface area contributed by atoms with Crippen LogP contribution in [0.15, 0.2) is 24.3 Å². The van der Waals surface area contributed by atoms with E-state index in [0.717, 1.165) is 37.6 Å². The van der Waals surface area contributed by atoms with E-state index >= 15 is 0 Å². The van der Waals surface area contributed by atoms with Gasteiger partial charge in [0.25, 0.3) is 0 Å². The van der Waals surface area contributed by atoms with Crippen LogP contribution in [0, 0.1) is 0 Å². The van der Waals surface area contributed by atoms with Crippen molar-refractivity contribution in [1.29, 1.82) is 0 Å². The molecule has 1 aromatic carbocycles. The van der Waals surface area contributed by atoms with Crippen LogP contribution >= 0.6 is 0 Å². The van der Waals surface area contributed by atoms with Crippen LogP contribution in [0.3, 0.4) is 0 Å². The number of ether oxygens (including phenoxy) is 1. The molecule has 3 heteroatoms. The molecule has 0 aromatic heterocycles. The first kappa shape index (κ1) is 9.49. The highest BCUT2D eigenvalue weighted by Gasteiger charge is 2.13. The molecule has 1 aliphatic rings. The Labute approximate surface area is 84.5 Å². The number of benzene rings is 1. The molecule has 0 amide bonds. The Bertz CT molecular complexity index is 295. The van der Waals surface area contributed by atoms with E-state index in [1.54, 1.807) is 0 Å². The molecule has 0 N–H and O–H groups in total. The lowest BCUT2D eigenvalue weighted by atomic mass is 10.1. The van der Waals surface area contributed by atoms with Gasteiger partial charge in [0.1, 0.15) is 0 Å². The SMILES string of the molecule is [N]Cc1ccccc1N1CCOCC1. The zero-order valence-electron chi connectivity index (χ0n) is 8.15. The number of morpholine rings is 1. The first-order valence-electron chi connectivity index (χ1n) is 4.93. The van der Waals surface area contributed by atoms with Gasteiger partial charge in [-0.15, -0.1) is 5.73 Å². The van der Waals surface area contributed by atoms with Crippen molar-refractivity contribution in [1.82, 2.24) is 5.73 Å². The van der Waals surface area contributed by atoms with Crippen molar-refractivity contribution >= 4 is 5.69 Å². The molecule has 1 saturated heterocycles. The summed E-state index contributed by atoms with van der Waals surface area (Å²) in [6.45, 7) is 3.49. The molecule has 0 spiro atoms. The second kappa shape index (κ2) is 4.44. The Kier molecular flexibility index (Phi) is 3.01. The van der Waals surface area contributed by atoms with Crippen LogP contribution in [-0.4, -0.2) is 26.3 Å². The van der Waals surface area contributed by atoms with Crippen LogP contribution in [0.1, 0.15) is 5.56 Å². The van der Waals surface area contributed by atoms with E-state index in [4.69, 9.17) is 4.74 Å². The Balaban J connectivity index is 2.20. The van der Waals surface area contributed by atoms with Crippen molar-refractivity contribution in [2.45, 2.75) is 6.54 Å². The van der Waals surface area contributed by atoms with E-state index in [0.29, 0.717) is 0 Å². The molecule has 0 bridgehead atoms. The van der Waals surface area contributed by atoms with E-state index in [1.807, 2.05) is 18.2 Å². The number of hydrogen-bond donors (Lipinski definition) is 0. The molecule has 2 radical (unpaired) electrons. The molecule has 0 saturated carbocycles. The smallest absolute Gasteiger partial charge is 0.0642 e. The van der Waals surface area contributed by atoms with Crippen molar-refractivity contribution in [2.24, 2.45) is 0 Å². The molecule has 0 unspecified atom stereocenters. The highest BCUT2D eigenvalue weighted by molar-refractivity contribution is 5.53. The van der Waals surface area contributed by atoms with Crippen LogP contribution in [0.5, 0.6) is 0 Å². The van der Waals surface area contributed by atoms with Gasteiger partial charge < -0.3 is 9.64 Å². The van der Waals surface area contributed by atoms with Gasteiger partial charge in [-0.25, -0.2) is 0 Å². The fourth-order valence-electron chi connectivity index (χ4n) is 1.76. The third-order valence-corrected chi connectivity index (χ3v) is 2.51. The fourth-order valence-corrected chi connectivity index (χ4v) is 1.76. The lowest BCUT2D eigenvalue weighted by Crippen LogP contribution is -2.36. The molecule has 2 rings (SSSR count). The van der Waals surface area contributed by atoms with E-state index < -0.39 is 0 Å². The number of anilines is 1. The summed E-state index contributed by atoms with van der Waals surface area (Å²) in [5.41, 5.74) is 11.3. The van der Waals surface area contributed by atoms with Crippen LogP contribution in [-0.2, 0) is 11.3 Å². The number of para-hydroxylation sites is 1. The fraction of sp³-hybridized carbons (Fsp3) is 0.455. The van der Waals surface area contributed by atoms with Gasteiger partial charge in [-0.3, -0.25) is 0 Å². The lowest BCUT2D eigenvalue weighted by molar-refractivity contribution is 0.122. The Morgan fingerprint density at radius 2 is 1.93 bits per heavy atom. The topological polar surface area (TPSA) is 34.8 Å². The summed E-state index contributed by atoms with van der Waals surface area (Å²) in [5, 5.41) is 0. The van der Waals surface area contributed by atoms with Crippen LogP contribution in [0.4, 0.5) is 5.69 Å². The number of nitrogens with zero attached hydrogens (tertiary/aromatic N) is 2. The summed E-state index contributed by atoms with van der Waals surface area (Å²) < 4.78 is 5.29. The Morgan fingerprint density at radius 3 is 2.64 bits per heavy atom. The van der Waals surface area contributed by atoms with E-state index in [-0.39, 0.29) is 6.54 Å². The minimum Gasteiger partial charge on any atom is -0.378 e. The van der Waals surface area contributed by atoms with E-state index in [1.165, 1.54) is 0 Å². The average Bonchev–Trinajstić information content (AvgIpc) is 2.30. The predicted molar refractivity (Wildman–Crippen MR) is 55.3 cm³/mol. The third-order valence-electron chi connectivity index (χ3n) is 2.51. The number of rotatable bonds is 2. The third kappa shape index (κ3) is 1.89. The normalized spacial score (nSPS) is 17.1. The van der Waals surface area contributed by atoms with E-state index in [9.17, 15) is 5.73 Å². The van der Waals surface area contributed by atoms with Gasteiger partial charge in [0.2, 0.25) is 0 Å². The molecule has 14 heavy (non-hydrogen) atoms. The minimum atomic E-state index is 0.105. The second-order valence-corrected chi connectivity index (χ2v) is 3.39. The average molecular weight is 190 g/mol. The van der Waals surface area contributed by atoms with Crippen molar-refractivity contribution in [3.63, 3.8) is 0 Å². The Hall–Kier alpha value is -1.06. The highest BCUT2D eigenvalue weighted by atomic mass is 16.5. The summed E-state index contributed by atoms with van der Waals surface area (Å²) in [6, 6.07) is 7.97. The van der Waals surface area contributed by atoms with Crippen LogP contribution < -0.4 is 10.6 Å². The van der Waals surface area contributed by atoms with Crippen molar-refractivity contribution in [3.05, 3.63) is 29.8 Å². The van der Waals surface area contributed by atoms with Gasteiger partial charge in [0.15, 0.2) is 0 Å². The predicted octanol–water partition coefficient (Wildman–Crippen LogP) is 1.09. The van der Waals surface area contributed by atoms with Gasteiger partial charge in [0.05, 0.1) is 19.8 Å². The maximum Gasteiger partial charge on any atom is 0.0642 e. The van der Waals surface area contributed by atoms with Gasteiger partial charge in [-0.2, -0.15) is 0 Å². The van der Waals surface area contributed by atoms with Crippen molar-refractivity contribution < 1.29 is 4.74 Å². The molecule has 3 nitrogen and oxygen atoms in total. The largest absolute Gasteiger partial charge is 0.378 e. The first-order valence-corrected chi connectivity index (χ1v) is 4.93. The maximum absolute atomic E-state index is 9.19. The summed E-state index contributed by atoms with van der Waals surface area (Å²) in [7, 11) is 0. The zero-order valence-corrected chi connectivity index (χ0v) is 8.15. The minimum absolute atomic E-state index is 0.105. The molecule has 0 atom stereocenters. The lowest BCUT2D eigenvalue weighted by Gasteiger charge is -2.30. The van der Waals surface area contributed by atoms with Crippen molar-refractivity contribution in [3.8, 4) is 0 Å². The summed E-state index contributed by atoms with van der Waals surface area (Å²) >= 11 is 0. The van der Waals surface area contributed by atoms with Gasteiger partial charge in [-0.05, 0) is 11.6 Å². The molecule has 1 aromatic rings. The monoisotopic (exact) mass is 190 g/mol. The molecule has 0 aliphatic carbocycles. The summed E-state index contributed by atoms with van der Waals surface area (Å²) in [6.07, 6.45) is 0. The Morgan fingerprint density at radius 1 is 1.21 bits per heavy atom. The summed E-state index contributed by atoms with van der Waals surface area (Å²) in [5.74, 6) is 0. The summed E-state index contributed by atoms with van der Waals surface area (Å²) in [4.78, 5) is 2.26. The molecule has 1 aliphatic heterocycles. The zero-order chi connectivity index (χ0) is 9.80. The van der Waals surface area contributed by atoms with E-state index in [2.05, 4.69) is 11.0 Å². The van der Waals surface area contributed by atoms with Gasteiger partial charge in [0, 0.05) is 18.8 Å². The van der Waals surface area contributed by atoms with Crippen LogP contribution in [0.25, 0.3) is 0 Å². The maximum atomic E-state index is 9.19. The standard InChI is InChI=1S/C11H14N2O/c12-9-10-3-1-2-4-11(10)13-5-7-14-8-6-13/h1-4H,5-9H2. The van der Waals surface area contributed by atoms with Crippen molar-refractivity contribution in [2.75, 3.05) is 31.2 Å². The molecular formula is C11H14N2O. The molecular weight excluding hydrogens is 176 g/mol.